The van der Waals surface area contributed by atoms with E-state index in [0.717, 1.165) is 6.92 Å². The van der Waals surface area contributed by atoms with Crippen molar-refractivity contribution in [2.45, 2.75) is 31.6 Å². The van der Waals surface area contributed by atoms with Gasteiger partial charge in [-0.15, -0.1) is 0 Å². The molecule has 1 saturated heterocycles. The van der Waals surface area contributed by atoms with Gasteiger partial charge in [0.15, 0.2) is 6.17 Å². The van der Waals surface area contributed by atoms with Crippen molar-refractivity contribution in [3.63, 3.8) is 0 Å². The van der Waals surface area contributed by atoms with E-state index in [1.807, 2.05) is 0 Å². The van der Waals surface area contributed by atoms with Crippen LogP contribution in [0.3, 0.4) is 0 Å². The number of alkyl halides is 1. The Labute approximate surface area is 120 Å². The van der Waals surface area contributed by atoms with Crippen LogP contribution < -0.4 is 0 Å². The van der Waals surface area contributed by atoms with Crippen LogP contribution in [0.4, 0.5) is 4.39 Å². The number of benzene rings is 1. The highest BCUT2D eigenvalue weighted by atomic mass is 19.1. The molecule has 1 aromatic carbocycles. The number of hydrogen-bond acceptors (Lipinski definition) is 6. The molecule has 0 bridgehead atoms. The molecule has 1 heterocycles. The molecule has 2 rings (SSSR count). The maximum absolute atomic E-state index is 13.6. The van der Waals surface area contributed by atoms with Crippen molar-refractivity contribution < 1.29 is 33.3 Å². The molecule has 0 radical (unpaired) electrons. The van der Waals surface area contributed by atoms with E-state index in [-0.39, 0.29) is 6.61 Å². The fourth-order valence-corrected chi connectivity index (χ4v) is 1.90. The second-order valence-electron chi connectivity index (χ2n) is 4.55. The average Bonchev–Trinajstić information content (AvgIpc) is 2.73. The topological polar surface area (TPSA) is 82.1 Å². The van der Waals surface area contributed by atoms with Gasteiger partial charge in [0.25, 0.3) is 0 Å². The van der Waals surface area contributed by atoms with Crippen molar-refractivity contribution in [2.75, 3.05) is 6.61 Å². The second-order valence-corrected chi connectivity index (χ2v) is 4.55. The summed E-state index contributed by atoms with van der Waals surface area (Å²) in [6, 6.07) is 8.22. The molecule has 0 saturated carbocycles. The Morgan fingerprint density at radius 1 is 1.33 bits per heavy atom. The number of carbonyl (C=O) groups excluding carboxylic acids is 2. The van der Waals surface area contributed by atoms with Crippen LogP contribution in [0.15, 0.2) is 30.3 Å². The maximum atomic E-state index is 13.6. The fraction of sp³-hybridized carbons (Fsp3) is 0.429. The Morgan fingerprint density at radius 3 is 2.62 bits per heavy atom. The van der Waals surface area contributed by atoms with Crippen molar-refractivity contribution >= 4 is 11.9 Å². The summed E-state index contributed by atoms with van der Waals surface area (Å²) in [4.78, 5) is 22.5. The molecule has 0 amide bonds. The van der Waals surface area contributed by atoms with Gasteiger partial charge in [-0.2, -0.15) is 0 Å². The molecule has 7 heteroatoms. The van der Waals surface area contributed by atoms with Gasteiger partial charge in [-0.3, -0.25) is 4.79 Å². The SMILES string of the molecule is CC(=O)OC1O[C@H](COC(=O)c2ccccc2)C(O)[C@H]1F. The molecule has 1 N–H and O–H groups in total. The number of hydrogen-bond donors (Lipinski definition) is 1. The lowest BCUT2D eigenvalue weighted by molar-refractivity contribution is -0.182. The predicted octanol–water partition coefficient (Wildman–Crippen LogP) is 0.830. The van der Waals surface area contributed by atoms with Crippen LogP contribution in [0.5, 0.6) is 0 Å². The summed E-state index contributed by atoms with van der Waals surface area (Å²) >= 11 is 0. The summed E-state index contributed by atoms with van der Waals surface area (Å²) in [5, 5.41) is 9.64. The summed E-state index contributed by atoms with van der Waals surface area (Å²) in [7, 11) is 0. The van der Waals surface area contributed by atoms with Gasteiger partial charge in [-0.25, -0.2) is 9.18 Å². The van der Waals surface area contributed by atoms with Gasteiger partial charge < -0.3 is 19.3 Å². The molecule has 2 unspecified atom stereocenters. The van der Waals surface area contributed by atoms with Crippen LogP contribution in [0.25, 0.3) is 0 Å². The van der Waals surface area contributed by atoms with E-state index in [0.29, 0.717) is 5.56 Å². The molecule has 114 valence electrons. The molecule has 1 aromatic rings. The van der Waals surface area contributed by atoms with E-state index < -0.39 is 36.6 Å². The first-order valence-corrected chi connectivity index (χ1v) is 6.36. The highest BCUT2D eigenvalue weighted by Crippen LogP contribution is 2.25. The summed E-state index contributed by atoms with van der Waals surface area (Å²) in [6.45, 7) is 0.762. The number of carbonyl (C=O) groups is 2. The van der Waals surface area contributed by atoms with Crippen molar-refractivity contribution in [3.05, 3.63) is 35.9 Å². The molecule has 6 nitrogen and oxygen atoms in total. The number of halogens is 1. The number of aliphatic hydroxyl groups is 1. The first-order valence-electron chi connectivity index (χ1n) is 6.36. The van der Waals surface area contributed by atoms with Gasteiger partial charge in [0.05, 0.1) is 5.56 Å². The zero-order chi connectivity index (χ0) is 15.4. The van der Waals surface area contributed by atoms with Crippen LogP contribution >= 0.6 is 0 Å². The molecule has 0 aliphatic carbocycles. The fourth-order valence-electron chi connectivity index (χ4n) is 1.90. The van der Waals surface area contributed by atoms with Gasteiger partial charge in [0.2, 0.25) is 6.29 Å². The third-order valence-electron chi connectivity index (χ3n) is 2.95. The minimum Gasteiger partial charge on any atom is -0.459 e. The molecular weight excluding hydrogens is 283 g/mol. The highest BCUT2D eigenvalue weighted by Gasteiger charge is 2.46. The summed E-state index contributed by atoms with van der Waals surface area (Å²) in [5.41, 5.74) is 0.332. The third kappa shape index (κ3) is 3.77. The second kappa shape index (κ2) is 6.64. The molecular formula is C14H15FO6. The first-order chi connectivity index (χ1) is 9.99. The Morgan fingerprint density at radius 2 is 2.00 bits per heavy atom. The molecule has 1 aliphatic rings. The van der Waals surface area contributed by atoms with Gasteiger partial charge in [-0.1, -0.05) is 18.2 Å². The molecule has 0 spiro atoms. The summed E-state index contributed by atoms with van der Waals surface area (Å²) < 4.78 is 28.2. The number of ether oxygens (including phenoxy) is 3. The van der Waals surface area contributed by atoms with Crippen molar-refractivity contribution in [2.24, 2.45) is 0 Å². The Bertz CT molecular complexity index is 505. The van der Waals surface area contributed by atoms with Crippen molar-refractivity contribution in [3.8, 4) is 0 Å². The van der Waals surface area contributed by atoms with E-state index in [4.69, 9.17) is 9.47 Å². The normalized spacial score (nSPS) is 28.1. The van der Waals surface area contributed by atoms with E-state index >= 15 is 0 Å². The highest BCUT2D eigenvalue weighted by molar-refractivity contribution is 5.89. The Balaban J connectivity index is 1.89. The lowest BCUT2D eigenvalue weighted by atomic mass is 10.1. The molecule has 1 fully saturated rings. The van der Waals surface area contributed by atoms with Crippen LogP contribution in [0, 0.1) is 0 Å². The standard InChI is InChI=1S/C14H15FO6/c1-8(16)20-14-11(15)12(17)10(21-14)7-19-13(18)9-5-3-2-4-6-9/h2-6,10-12,14,17H,7H2,1H3/t10-,11-,12?,14?/m1/s1. The first kappa shape index (κ1) is 15.4. The van der Waals surface area contributed by atoms with E-state index in [1.165, 1.54) is 0 Å². The largest absolute Gasteiger partial charge is 0.459 e. The zero-order valence-corrected chi connectivity index (χ0v) is 11.3. The monoisotopic (exact) mass is 298 g/mol. The van der Waals surface area contributed by atoms with Crippen LogP contribution in [0.1, 0.15) is 17.3 Å². The van der Waals surface area contributed by atoms with Crippen LogP contribution in [-0.4, -0.2) is 48.3 Å². The molecule has 4 atom stereocenters. The van der Waals surface area contributed by atoms with Gasteiger partial charge in [0, 0.05) is 6.92 Å². The third-order valence-corrected chi connectivity index (χ3v) is 2.95. The van der Waals surface area contributed by atoms with Crippen molar-refractivity contribution in [1.29, 1.82) is 0 Å². The minimum absolute atomic E-state index is 0.332. The van der Waals surface area contributed by atoms with E-state index in [9.17, 15) is 19.1 Å². The Kier molecular flexibility index (Phi) is 4.87. The number of rotatable bonds is 4. The molecule has 1 aliphatic heterocycles. The maximum Gasteiger partial charge on any atom is 0.338 e. The smallest absolute Gasteiger partial charge is 0.338 e. The quantitative estimate of drug-likeness (QED) is 0.829. The summed E-state index contributed by atoms with van der Waals surface area (Å²) in [6.07, 6.45) is -5.98. The van der Waals surface area contributed by atoms with Gasteiger partial charge in [0.1, 0.15) is 18.8 Å². The molecule has 21 heavy (non-hydrogen) atoms. The van der Waals surface area contributed by atoms with Crippen LogP contribution in [0.2, 0.25) is 0 Å². The zero-order valence-electron chi connectivity index (χ0n) is 11.3. The van der Waals surface area contributed by atoms with E-state index in [2.05, 4.69) is 4.74 Å². The number of esters is 2. The minimum atomic E-state index is -1.88. The van der Waals surface area contributed by atoms with E-state index in [1.54, 1.807) is 30.3 Å². The predicted molar refractivity (Wildman–Crippen MR) is 68.1 cm³/mol. The van der Waals surface area contributed by atoms with Crippen molar-refractivity contribution in [1.82, 2.24) is 0 Å². The molecule has 0 aromatic heterocycles. The van der Waals surface area contributed by atoms with Crippen LogP contribution in [-0.2, 0) is 19.0 Å². The number of aliphatic hydroxyl groups excluding tert-OH is 1. The lowest BCUT2D eigenvalue weighted by Crippen LogP contribution is -2.33. The van der Waals surface area contributed by atoms with Gasteiger partial charge >= 0.3 is 11.9 Å². The lowest BCUT2D eigenvalue weighted by Gasteiger charge is -2.14. The average molecular weight is 298 g/mol. The van der Waals surface area contributed by atoms with Gasteiger partial charge in [-0.05, 0) is 12.1 Å². The Hall–Kier alpha value is -1.99. The summed E-state index contributed by atoms with van der Waals surface area (Å²) in [5.74, 6) is -1.34.